The third-order valence-corrected chi connectivity index (χ3v) is 2.72. The Bertz CT molecular complexity index is 360. The van der Waals surface area contributed by atoms with E-state index in [1.807, 2.05) is 51.1 Å². The molecule has 0 saturated heterocycles. The van der Waals surface area contributed by atoms with Crippen LogP contribution < -0.4 is 5.32 Å². The monoisotopic (exact) mass is 235 g/mol. The molecule has 3 nitrogen and oxygen atoms in total. The SMILES string of the molecule is CCOC(C)C(=O)NC(C)(C)c1ccccc1. The van der Waals surface area contributed by atoms with Crippen molar-refractivity contribution in [3.8, 4) is 0 Å². The van der Waals surface area contributed by atoms with Gasteiger partial charge in [-0.15, -0.1) is 0 Å². The summed E-state index contributed by atoms with van der Waals surface area (Å²) in [4.78, 5) is 11.9. The second-order valence-corrected chi connectivity index (χ2v) is 4.58. The Labute approximate surface area is 103 Å². The molecule has 17 heavy (non-hydrogen) atoms. The predicted octanol–water partition coefficient (Wildman–Crippen LogP) is 2.46. The van der Waals surface area contributed by atoms with E-state index in [-0.39, 0.29) is 11.4 Å². The van der Waals surface area contributed by atoms with Gasteiger partial charge in [0.25, 0.3) is 0 Å². The maximum atomic E-state index is 11.9. The summed E-state index contributed by atoms with van der Waals surface area (Å²) in [5.74, 6) is -0.0827. The highest BCUT2D eigenvalue weighted by Crippen LogP contribution is 2.19. The summed E-state index contributed by atoms with van der Waals surface area (Å²) in [5, 5.41) is 2.99. The molecule has 0 aliphatic rings. The fourth-order valence-electron chi connectivity index (χ4n) is 1.66. The lowest BCUT2D eigenvalue weighted by atomic mass is 9.94. The molecule has 0 spiro atoms. The highest BCUT2D eigenvalue weighted by atomic mass is 16.5. The Morgan fingerprint density at radius 1 is 1.35 bits per heavy atom. The second kappa shape index (κ2) is 5.82. The summed E-state index contributed by atoms with van der Waals surface area (Å²) in [6.07, 6.45) is -0.414. The lowest BCUT2D eigenvalue weighted by Crippen LogP contribution is -2.45. The lowest BCUT2D eigenvalue weighted by Gasteiger charge is -2.28. The van der Waals surface area contributed by atoms with E-state index in [0.717, 1.165) is 5.56 Å². The van der Waals surface area contributed by atoms with Crippen molar-refractivity contribution in [2.24, 2.45) is 0 Å². The first-order valence-electron chi connectivity index (χ1n) is 5.96. The van der Waals surface area contributed by atoms with Crippen LogP contribution in [0.1, 0.15) is 33.3 Å². The Morgan fingerprint density at radius 3 is 2.47 bits per heavy atom. The molecular weight excluding hydrogens is 214 g/mol. The van der Waals surface area contributed by atoms with Crippen LogP contribution in [-0.4, -0.2) is 18.6 Å². The average molecular weight is 235 g/mol. The van der Waals surface area contributed by atoms with E-state index in [1.54, 1.807) is 6.92 Å². The van der Waals surface area contributed by atoms with Crippen molar-refractivity contribution in [1.29, 1.82) is 0 Å². The molecule has 0 aliphatic carbocycles. The Morgan fingerprint density at radius 2 is 1.94 bits per heavy atom. The standard InChI is InChI=1S/C14H21NO2/c1-5-17-11(2)13(16)15-14(3,4)12-9-7-6-8-10-12/h6-11H,5H2,1-4H3,(H,15,16). The second-order valence-electron chi connectivity index (χ2n) is 4.58. The first-order valence-corrected chi connectivity index (χ1v) is 5.96. The van der Waals surface area contributed by atoms with Crippen molar-refractivity contribution in [2.75, 3.05) is 6.61 Å². The maximum absolute atomic E-state index is 11.9. The van der Waals surface area contributed by atoms with E-state index in [4.69, 9.17) is 4.74 Å². The van der Waals surface area contributed by atoms with Gasteiger partial charge in [-0.3, -0.25) is 4.79 Å². The van der Waals surface area contributed by atoms with Crippen LogP contribution in [0.25, 0.3) is 0 Å². The molecule has 0 bridgehead atoms. The van der Waals surface area contributed by atoms with E-state index in [1.165, 1.54) is 0 Å². The van der Waals surface area contributed by atoms with Gasteiger partial charge in [0.05, 0.1) is 5.54 Å². The zero-order valence-corrected chi connectivity index (χ0v) is 11.0. The Balaban J connectivity index is 2.70. The number of carbonyl (C=O) groups is 1. The molecule has 0 radical (unpaired) electrons. The van der Waals surface area contributed by atoms with Gasteiger partial charge in [0.15, 0.2) is 0 Å². The Hall–Kier alpha value is -1.35. The van der Waals surface area contributed by atoms with E-state index < -0.39 is 6.10 Å². The van der Waals surface area contributed by atoms with E-state index in [2.05, 4.69) is 5.32 Å². The normalized spacial score (nSPS) is 13.2. The molecule has 1 aromatic rings. The van der Waals surface area contributed by atoms with Crippen LogP contribution >= 0.6 is 0 Å². The van der Waals surface area contributed by atoms with Gasteiger partial charge in [-0.1, -0.05) is 30.3 Å². The van der Waals surface area contributed by atoms with Gasteiger partial charge < -0.3 is 10.1 Å². The largest absolute Gasteiger partial charge is 0.369 e. The van der Waals surface area contributed by atoms with Crippen molar-refractivity contribution in [3.63, 3.8) is 0 Å². The predicted molar refractivity (Wildman–Crippen MR) is 68.7 cm³/mol. The first-order chi connectivity index (χ1) is 7.97. The highest BCUT2D eigenvalue weighted by molar-refractivity contribution is 5.81. The summed E-state index contributed by atoms with van der Waals surface area (Å²) in [6, 6.07) is 9.91. The quantitative estimate of drug-likeness (QED) is 0.851. The molecule has 1 unspecified atom stereocenters. The van der Waals surface area contributed by atoms with Crippen LogP contribution in [0.5, 0.6) is 0 Å². The summed E-state index contributed by atoms with van der Waals surface area (Å²) in [7, 11) is 0. The molecule has 1 aromatic carbocycles. The molecule has 1 atom stereocenters. The Kier molecular flexibility index (Phi) is 4.70. The van der Waals surface area contributed by atoms with Gasteiger partial charge in [0.2, 0.25) is 5.91 Å². The topological polar surface area (TPSA) is 38.3 Å². The number of nitrogens with one attached hydrogen (secondary N) is 1. The molecule has 0 heterocycles. The molecule has 1 amide bonds. The van der Waals surface area contributed by atoms with E-state index >= 15 is 0 Å². The molecule has 0 fully saturated rings. The minimum Gasteiger partial charge on any atom is -0.369 e. The zero-order valence-electron chi connectivity index (χ0n) is 11.0. The van der Waals surface area contributed by atoms with Crippen molar-refractivity contribution in [2.45, 2.75) is 39.3 Å². The van der Waals surface area contributed by atoms with Crippen LogP contribution in [0.2, 0.25) is 0 Å². The van der Waals surface area contributed by atoms with Crippen LogP contribution in [0.15, 0.2) is 30.3 Å². The smallest absolute Gasteiger partial charge is 0.249 e. The number of benzene rings is 1. The summed E-state index contributed by atoms with van der Waals surface area (Å²) >= 11 is 0. The number of carbonyl (C=O) groups excluding carboxylic acids is 1. The minimum atomic E-state index is -0.414. The third kappa shape index (κ3) is 3.86. The van der Waals surface area contributed by atoms with Gasteiger partial charge in [-0.25, -0.2) is 0 Å². The fourth-order valence-corrected chi connectivity index (χ4v) is 1.66. The number of rotatable bonds is 5. The van der Waals surface area contributed by atoms with Crippen LogP contribution in [0, 0.1) is 0 Å². The molecule has 0 aromatic heterocycles. The molecule has 0 aliphatic heterocycles. The van der Waals surface area contributed by atoms with Crippen molar-refractivity contribution in [1.82, 2.24) is 5.32 Å². The third-order valence-electron chi connectivity index (χ3n) is 2.72. The molecule has 94 valence electrons. The van der Waals surface area contributed by atoms with Crippen molar-refractivity contribution < 1.29 is 9.53 Å². The molecule has 3 heteroatoms. The average Bonchev–Trinajstić information content (AvgIpc) is 2.30. The van der Waals surface area contributed by atoms with Gasteiger partial charge in [-0.05, 0) is 33.3 Å². The molecule has 0 saturated carbocycles. The van der Waals surface area contributed by atoms with Crippen molar-refractivity contribution >= 4 is 5.91 Å². The van der Waals surface area contributed by atoms with Crippen LogP contribution in [0.3, 0.4) is 0 Å². The minimum absolute atomic E-state index is 0.0827. The molecule has 1 N–H and O–H groups in total. The number of hydrogen-bond donors (Lipinski definition) is 1. The van der Waals surface area contributed by atoms with Gasteiger partial charge in [0.1, 0.15) is 6.10 Å². The van der Waals surface area contributed by atoms with E-state index in [0.29, 0.717) is 6.61 Å². The maximum Gasteiger partial charge on any atom is 0.249 e. The van der Waals surface area contributed by atoms with Gasteiger partial charge in [0, 0.05) is 6.61 Å². The number of hydrogen-bond acceptors (Lipinski definition) is 2. The molecular formula is C14H21NO2. The summed E-state index contributed by atoms with van der Waals surface area (Å²) < 4.78 is 5.27. The van der Waals surface area contributed by atoms with Crippen molar-refractivity contribution in [3.05, 3.63) is 35.9 Å². The first kappa shape index (κ1) is 13.7. The van der Waals surface area contributed by atoms with E-state index in [9.17, 15) is 4.79 Å². The number of amides is 1. The van der Waals surface area contributed by atoms with Gasteiger partial charge in [-0.2, -0.15) is 0 Å². The molecule has 1 rings (SSSR count). The highest BCUT2D eigenvalue weighted by Gasteiger charge is 2.25. The lowest BCUT2D eigenvalue weighted by molar-refractivity contribution is -0.133. The van der Waals surface area contributed by atoms with Crippen LogP contribution in [0.4, 0.5) is 0 Å². The van der Waals surface area contributed by atoms with Crippen LogP contribution in [-0.2, 0) is 15.1 Å². The number of ether oxygens (including phenoxy) is 1. The zero-order chi connectivity index (χ0) is 12.9. The summed E-state index contributed by atoms with van der Waals surface area (Å²) in [5.41, 5.74) is 0.695. The summed E-state index contributed by atoms with van der Waals surface area (Å²) in [6.45, 7) is 8.16. The van der Waals surface area contributed by atoms with Gasteiger partial charge >= 0.3 is 0 Å². The fraction of sp³-hybridized carbons (Fsp3) is 0.500.